The number of nitrogens with zero attached hydrogens (tertiary/aromatic N) is 1. The predicted molar refractivity (Wildman–Crippen MR) is 84.8 cm³/mol. The SMILES string of the molecule is Cc1cc(OCC(=O)N2CCNC[C@H]2C)ccc1C(C)C. The number of aryl methyl sites for hydroxylation is 1. The van der Waals surface area contributed by atoms with Crippen molar-refractivity contribution in [1.29, 1.82) is 0 Å². The van der Waals surface area contributed by atoms with Crippen LogP contribution >= 0.6 is 0 Å². The highest BCUT2D eigenvalue weighted by Crippen LogP contribution is 2.23. The molecular weight excluding hydrogens is 264 g/mol. The van der Waals surface area contributed by atoms with Crippen molar-refractivity contribution < 1.29 is 9.53 Å². The highest BCUT2D eigenvalue weighted by molar-refractivity contribution is 5.78. The Morgan fingerprint density at radius 2 is 2.24 bits per heavy atom. The molecule has 0 radical (unpaired) electrons. The Hall–Kier alpha value is -1.55. The Morgan fingerprint density at radius 1 is 1.48 bits per heavy atom. The van der Waals surface area contributed by atoms with Gasteiger partial charge in [0.1, 0.15) is 5.75 Å². The number of ether oxygens (including phenoxy) is 1. The maximum absolute atomic E-state index is 12.2. The standard InChI is InChI=1S/C17H26N2O2/c1-12(2)16-6-5-15(9-13(16)3)21-11-17(20)19-8-7-18-10-14(19)4/h5-6,9,12,14,18H,7-8,10-11H2,1-4H3/t14-/m1/s1. The van der Waals surface area contributed by atoms with Gasteiger partial charge in [-0.3, -0.25) is 4.79 Å². The third kappa shape index (κ3) is 3.97. The fraction of sp³-hybridized carbons (Fsp3) is 0.588. The molecule has 0 unspecified atom stereocenters. The molecule has 1 heterocycles. The first-order valence-electron chi connectivity index (χ1n) is 7.72. The second kappa shape index (κ2) is 6.94. The molecule has 1 aliphatic rings. The summed E-state index contributed by atoms with van der Waals surface area (Å²) < 4.78 is 5.67. The lowest BCUT2D eigenvalue weighted by atomic mass is 9.98. The molecule has 4 heteroatoms. The summed E-state index contributed by atoms with van der Waals surface area (Å²) in [5, 5.41) is 3.28. The quantitative estimate of drug-likeness (QED) is 0.925. The van der Waals surface area contributed by atoms with Crippen LogP contribution in [0.2, 0.25) is 0 Å². The summed E-state index contributed by atoms with van der Waals surface area (Å²) in [7, 11) is 0. The van der Waals surface area contributed by atoms with E-state index >= 15 is 0 Å². The van der Waals surface area contributed by atoms with Crippen molar-refractivity contribution in [1.82, 2.24) is 10.2 Å². The molecule has 0 aliphatic carbocycles. The molecule has 4 nitrogen and oxygen atoms in total. The number of piperazine rings is 1. The second-order valence-corrected chi connectivity index (χ2v) is 6.10. The lowest BCUT2D eigenvalue weighted by molar-refractivity contribution is -0.136. The van der Waals surface area contributed by atoms with Gasteiger partial charge >= 0.3 is 0 Å². The zero-order valence-electron chi connectivity index (χ0n) is 13.5. The average molecular weight is 290 g/mol. The topological polar surface area (TPSA) is 41.6 Å². The van der Waals surface area contributed by atoms with Crippen LogP contribution in [0.3, 0.4) is 0 Å². The van der Waals surface area contributed by atoms with Crippen LogP contribution < -0.4 is 10.1 Å². The molecule has 1 aromatic carbocycles. The highest BCUT2D eigenvalue weighted by atomic mass is 16.5. The molecule has 1 saturated heterocycles. The van der Waals surface area contributed by atoms with E-state index in [9.17, 15) is 4.79 Å². The van der Waals surface area contributed by atoms with E-state index in [4.69, 9.17) is 4.74 Å². The Balaban J connectivity index is 1.93. The van der Waals surface area contributed by atoms with Gasteiger partial charge in [-0.2, -0.15) is 0 Å². The van der Waals surface area contributed by atoms with Gasteiger partial charge in [0.05, 0.1) is 0 Å². The molecule has 1 atom stereocenters. The second-order valence-electron chi connectivity index (χ2n) is 6.10. The fourth-order valence-electron chi connectivity index (χ4n) is 2.83. The maximum Gasteiger partial charge on any atom is 0.260 e. The Morgan fingerprint density at radius 3 is 2.86 bits per heavy atom. The minimum absolute atomic E-state index is 0.0644. The van der Waals surface area contributed by atoms with Crippen molar-refractivity contribution >= 4 is 5.91 Å². The van der Waals surface area contributed by atoms with Gasteiger partial charge in [-0.25, -0.2) is 0 Å². The van der Waals surface area contributed by atoms with E-state index in [-0.39, 0.29) is 18.6 Å². The third-order valence-corrected chi connectivity index (χ3v) is 4.05. The van der Waals surface area contributed by atoms with Crippen LogP contribution in [-0.4, -0.2) is 43.1 Å². The number of carbonyl (C=O) groups excluding carboxylic acids is 1. The van der Waals surface area contributed by atoms with Crippen LogP contribution in [0, 0.1) is 6.92 Å². The summed E-state index contributed by atoms with van der Waals surface area (Å²) in [6, 6.07) is 6.30. The summed E-state index contributed by atoms with van der Waals surface area (Å²) in [5.41, 5.74) is 2.54. The minimum atomic E-state index is 0.0644. The number of amides is 1. The van der Waals surface area contributed by atoms with Crippen molar-refractivity contribution in [3.05, 3.63) is 29.3 Å². The first-order chi connectivity index (χ1) is 9.99. The van der Waals surface area contributed by atoms with Gasteiger partial charge in [-0.15, -0.1) is 0 Å². The molecule has 116 valence electrons. The lowest BCUT2D eigenvalue weighted by Crippen LogP contribution is -2.53. The lowest BCUT2D eigenvalue weighted by Gasteiger charge is -2.33. The number of carbonyl (C=O) groups is 1. The molecule has 0 aromatic heterocycles. The molecular formula is C17H26N2O2. The summed E-state index contributed by atoms with van der Waals surface area (Å²) >= 11 is 0. The van der Waals surface area contributed by atoms with E-state index in [1.165, 1.54) is 11.1 Å². The number of hydrogen-bond donors (Lipinski definition) is 1. The van der Waals surface area contributed by atoms with E-state index in [1.54, 1.807) is 0 Å². The van der Waals surface area contributed by atoms with Crippen LogP contribution in [0.15, 0.2) is 18.2 Å². The number of rotatable bonds is 4. The van der Waals surface area contributed by atoms with Gasteiger partial charge in [0.2, 0.25) is 0 Å². The van der Waals surface area contributed by atoms with Gasteiger partial charge in [-0.1, -0.05) is 19.9 Å². The number of hydrogen-bond acceptors (Lipinski definition) is 3. The molecule has 1 amide bonds. The van der Waals surface area contributed by atoms with E-state index in [0.29, 0.717) is 5.92 Å². The maximum atomic E-state index is 12.2. The third-order valence-electron chi connectivity index (χ3n) is 4.05. The Kier molecular flexibility index (Phi) is 5.23. The van der Waals surface area contributed by atoms with Crippen molar-refractivity contribution in [2.45, 2.75) is 39.7 Å². The zero-order valence-corrected chi connectivity index (χ0v) is 13.5. The van der Waals surface area contributed by atoms with Gasteiger partial charge in [0, 0.05) is 25.7 Å². The van der Waals surface area contributed by atoms with E-state index in [0.717, 1.165) is 25.4 Å². The smallest absolute Gasteiger partial charge is 0.260 e. The van der Waals surface area contributed by atoms with E-state index in [2.05, 4.69) is 39.1 Å². The minimum Gasteiger partial charge on any atom is -0.484 e. The Labute approximate surface area is 127 Å². The largest absolute Gasteiger partial charge is 0.484 e. The normalized spacial score (nSPS) is 18.9. The zero-order chi connectivity index (χ0) is 15.4. The molecule has 21 heavy (non-hydrogen) atoms. The molecule has 1 fully saturated rings. The van der Waals surface area contributed by atoms with Crippen LogP contribution in [-0.2, 0) is 4.79 Å². The van der Waals surface area contributed by atoms with Crippen molar-refractivity contribution in [2.24, 2.45) is 0 Å². The van der Waals surface area contributed by atoms with Crippen LogP contribution in [0.4, 0.5) is 0 Å². The van der Waals surface area contributed by atoms with E-state index in [1.807, 2.05) is 17.0 Å². The van der Waals surface area contributed by atoms with Gasteiger partial charge in [0.25, 0.3) is 5.91 Å². The Bertz CT molecular complexity index is 500. The predicted octanol–water partition coefficient (Wildman–Crippen LogP) is 2.32. The van der Waals surface area contributed by atoms with Crippen molar-refractivity contribution in [2.75, 3.05) is 26.2 Å². The van der Waals surface area contributed by atoms with Gasteiger partial charge in [-0.05, 0) is 43.0 Å². The summed E-state index contributed by atoms with van der Waals surface area (Å²) in [4.78, 5) is 14.1. The summed E-state index contributed by atoms with van der Waals surface area (Å²) in [5.74, 6) is 1.34. The van der Waals surface area contributed by atoms with Crippen LogP contribution in [0.1, 0.15) is 37.8 Å². The molecule has 1 aromatic rings. The molecule has 0 saturated carbocycles. The van der Waals surface area contributed by atoms with Crippen LogP contribution in [0.25, 0.3) is 0 Å². The summed E-state index contributed by atoms with van der Waals surface area (Å²) in [6.45, 7) is 11.1. The van der Waals surface area contributed by atoms with Gasteiger partial charge in [0.15, 0.2) is 6.61 Å². The molecule has 1 aliphatic heterocycles. The highest BCUT2D eigenvalue weighted by Gasteiger charge is 2.23. The number of benzene rings is 1. The molecule has 1 N–H and O–H groups in total. The monoisotopic (exact) mass is 290 g/mol. The van der Waals surface area contributed by atoms with Crippen molar-refractivity contribution in [3.63, 3.8) is 0 Å². The van der Waals surface area contributed by atoms with Crippen LogP contribution in [0.5, 0.6) is 5.75 Å². The molecule has 2 rings (SSSR count). The summed E-state index contributed by atoms with van der Waals surface area (Å²) in [6.07, 6.45) is 0. The fourth-order valence-corrected chi connectivity index (χ4v) is 2.83. The first-order valence-corrected chi connectivity index (χ1v) is 7.72. The van der Waals surface area contributed by atoms with E-state index < -0.39 is 0 Å². The number of nitrogens with one attached hydrogen (secondary N) is 1. The average Bonchev–Trinajstić information content (AvgIpc) is 2.45. The van der Waals surface area contributed by atoms with Crippen molar-refractivity contribution in [3.8, 4) is 5.75 Å². The van der Waals surface area contributed by atoms with Gasteiger partial charge < -0.3 is 15.0 Å². The first kappa shape index (κ1) is 15.8. The molecule has 0 bridgehead atoms. The molecule has 0 spiro atoms.